The minimum Gasteiger partial charge on any atom is -0.447 e. The molecule has 0 radical (unpaired) electrons. The third-order valence-electron chi connectivity index (χ3n) is 5.43. The summed E-state index contributed by atoms with van der Waals surface area (Å²) in [6.07, 6.45) is -0.403. The summed E-state index contributed by atoms with van der Waals surface area (Å²) in [5, 5.41) is 4.00. The maximum atomic E-state index is 13.4. The Morgan fingerprint density at radius 1 is 0.935 bits per heavy atom. The third-order valence-corrected chi connectivity index (χ3v) is 5.43. The second-order valence-electron chi connectivity index (χ2n) is 7.40. The van der Waals surface area contributed by atoms with E-state index in [2.05, 4.69) is 5.32 Å². The fraction of sp³-hybridized carbons (Fsp3) is 0.120. The Bertz CT molecular complexity index is 1260. The zero-order chi connectivity index (χ0) is 21.2. The summed E-state index contributed by atoms with van der Waals surface area (Å²) in [7, 11) is 0. The van der Waals surface area contributed by atoms with Crippen LogP contribution in [0.5, 0.6) is 0 Å². The first-order valence-electron chi connectivity index (χ1n) is 10.2. The van der Waals surface area contributed by atoms with Gasteiger partial charge < -0.3 is 14.6 Å². The largest absolute Gasteiger partial charge is 0.447 e. The van der Waals surface area contributed by atoms with Crippen LogP contribution < -0.4 is 10.2 Å². The molecule has 0 atom stereocenters. The summed E-state index contributed by atoms with van der Waals surface area (Å²) in [4.78, 5) is 27.0. The molecule has 1 saturated heterocycles. The smallest absolute Gasteiger partial charge is 0.414 e. The predicted octanol–water partition coefficient (Wildman–Crippen LogP) is 4.90. The first-order chi connectivity index (χ1) is 15.2. The number of nitrogens with zero attached hydrogens (tertiary/aromatic N) is 2. The minimum absolute atomic E-state index is 0.229. The highest BCUT2D eigenvalue weighted by Crippen LogP contribution is 2.29. The molecule has 2 heterocycles. The van der Waals surface area contributed by atoms with Crippen molar-refractivity contribution < 1.29 is 14.3 Å². The molecule has 0 bridgehead atoms. The summed E-state index contributed by atoms with van der Waals surface area (Å²) in [6, 6.07) is 27.2. The van der Waals surface area contributed by atoms with Crippen LogP contribution in [0.15, 0.2) is 84.9 Å². The maximum Gasteiger partial charge on any atom is 0.414 e. The number of aromatic nitrogens is 1. The van der Waals surface area contributed by atoms with E-state index in [1.54, 1.807) is 6.07 Å². The lowest BCUT2D eigenvalue weighted by molar-refractivity contribution is 0.101. The van der Waals surface area contributed by atoms with E-state index in [1.165, 1.54) is 4.90 Å². The highest BCUT2D eigenvalue weighted by atomic mass is 16.6. The topological polar surface area (TPSA) is 63.6 Å². The van der Waals surface area contributed by atoms with Gasteiger partial charge in [-0.3, -0.25) is 9.69 Å². The van der Waals surface area contributed by atoms with Crippen LogP contribution in [0, 0.1) is 0 Å². The fourth-order valence-electron chi connectivity index (χ4n) is 3.95. The van der Waals surface area contributed by atoms with Gasteiger partial charge in [-0.15, -0.1) is 0 Å². The number of carbonyl (C=O) groups is 2. The number of hydrogen-bond acceptors (Lipinski definition) is 3. The van der Waals surface area contributed by atoms with Crippen LogP contribution in [0.3, 0.4) is 0 Å². The van der Waals surface area contributed by atoms with Crippen LogP contribution in [-0.2, 0) is 11.3 Å². The van der Waals surface area contributed by atoms with Crippen LogP contribution >= 0.6 is 0 Å². The molecule has 154 valence electrons. The zero-order valence-electron chi connectivity index (χ0n) is 16.8. The number of cyclic esters (lactones) is 1. The average molecular weight is 411 g/mol. The van der Waals surface area contributed by atoms with Crippen molar-refractivity contribution in [1.29, 1.82) is 0 Å². The number of nitrogens with one attached hydrogen (secondary N) is 1. The van der Waals surface area contributed by atoms with Gasteiger partial charge in [0, 0.05) is 17.4 Å². The molecule has 1 fully saturated rings. The molecular formula is C25H21N3O3. The molecule has 0 aliphatic carbocycles. The van der Waals surface area contributed by atoms with Crippen molar-refractivity contribution in [2.45, 2.75) is 6.54 Å². The molecule has 0 unspecified atom stereocenters. The van der Waals surface area contributed by atoms with Crippen molar-refractivity contribution in [3.63, 3.8) is 0 Å². The number of benzene rings is 3. The van der Waals surface area contributed by atoms with E-state index in [-0.39, 0.29) is 5.91 Å². The average Bonchev–Trinajstić information content (AvgIpc) is 3.39. The van der Waals surface area contributed by atoms with Gasteiger partial charge >= 0.3 is 6.09 Å². The zero-order valence-corrected chi connectivity index (χ0v) is 16.8. The Balaban J connectivity index is 1.51. The van der Waals surface area contributed by atoms with Gasteiger partial charge in [-0.2, -0.15) is 0 Å². The Labute approximate surface area is 179 Å². The van der Waals surface area contributed by atoms with Crippen molar-refractivity contribution in [3.8, 4) is 0 Å². The van der Waals surface area contributed by atoms with Crippen molar-refractivity contribution in [3.05, 3.63) is 96.2 Å². The second kappa shape index (κ2) is 7.99. The molecule has 1 aromatic heterocycles. The van der Waals surface area contributed by atoms with Gasteiger partial charge in [0.2, 0.25) is 0 Å². The van der Waals surface area contributed by atoms with Gasteiger partial charge in [-0.1, -0.05) is 60.7 Å². The fourth-order valence-corrected chi connectivity index (χ4v) is 3.95. The molecule has 3 aromatic carbocycles. The van der Waals surface area contributed by atoms with E-state index >= 15 is 0 Å². The number of ether oxygens (including phenoxy) is 1. The van der Waals surface area contributed by atoms with E-state index in [0.29, 0.717) is 36.8 Å². The number of para-hydroxylation sites is 3. The summed E-state index contributed by atoms with van der Waals surface area (Å²) in [6.45, 7) is 1.38. The molecule has 6 nitrogen and oxygen atoms in total. The van der Waals surface area contributed by atoms with E-state index in [9.17, 15) is 9.59 Å². The van der Waals surface area contributed by atoms with Crippen molar-refractivity contribution >= 4 is 34.3 Å². The SMILES string of the molecule is O=C(Nc1ccccc1N1CCOC1=O)c1cc2ccccc2n1Cc1ccccc1. The van der Waals surface area contributed by atoms with E-state index < -0.39 is 6.09 Å². The van der Waals surface area contributed by atoms with E-state index in [1.807, 2.05) is 83.4 Å². The summed E-state index contributed by atoms with van der Waals surface area (Å²) >= 11 is 0. The molecule has 6 heteroatoms. The third kappa shape index (κ3) is 3.64. The van der Waals surface area contributed by atoms with Gasteiger partial charge in [0.15, 0.2) is 0 Å². The number of hydrogen-bond donors (Lipinski definition) is 1. The van der Waals surface area contributed by atoms with Crippen molar-refractivity contribution in [2.24, 2.45) is 0 Å². The molecule has 0 spiro atoms. The molecular weight excluding hydrogens is 390 g/mol. The van der Waals surface area contributed by atoms with Crippen LogP contribution in [0.1, 0.15) is 16.1 Å². The Kier molecular flexibility index (Phi) is 4.88. The number of rotatable bonds is 5. The summed E-state index contributed by atoms with van der Waals surface area (Å²) < 4.78 is 7.08. The number of amides is 2. The Hall–Kier alpha value is -4.06. The first kappa shape index (κ1) is 18.9. The van der Waals surface area contributed by atoms with Crippen LogP contribution in [0.25, 0.3) is 10.9 Å². The van der Waals surface area contributed by atoms with Gasteiger partial charge in [-0.05, 0) is 29.8 Å². The molecule has 31 heavy (non-hydrogen) atoms. The molecule has 4 aromatic rings. The van der Waals surface area contributed by atoms with Gasteiger partial charge in [-0.25, -0.2) is 4.79 Å². The van der Waals surface area contributed by atoms with Gasteiger partial charge in [0.25, 0.3) is 5.91 Å². The van der Waals surface area contributed by atoms with E-state index in [0.717, 1.165) is 16.5 Å². The Morgan fingerprint density at radius 3 is 2.48 bits per heavy atom. The quantitative estimate of drug-likeness (QED) is 0.508. The summed E-state index contributed by atoms with van der Waals surface area (Å²) in [5.41, 5.74) is 3.86. The molecule has 1 aliphatic heterocycles. The number of anilines is 2. The van der Waals surface area contributed by atoms with Gasteiger partial charge in [0.05, 0.1) is 17.9 Å². The number of fused-ring (bicyclic) bond motifs is 1. The minimum atomic E-state index is -0.403. The Morgan fingerprint density at radius 2 is 1.68 bits per heavy atom. The standard InChI is InChI=1S/C25H21N3O3/c29-24(26-20-11-5-7-13-22(20)27-14-15-31-25(27)30)23-16-19-10-4-6-12-21(19)28(23)17-18-8-2-1-3-9-18/h1-13,16H,14-15,17H2,(H,26,29). The van der Waals surface area contributed by atoms with E-state index in [4.69, 9.17) is 4.74 Å². The highest BCUT2D eigenvalue weighted by molar-refractivity contribution is 6.09. The van der Waals surface area contributed by atoms with Crippen molar-refractivity contribution in [2.75, 3.05) is 23.4 Å². The maximum absolute atomic E-state index is 13.4. The first-order valence-corrected chi connectivity index (χ1v) is 10.2. The lowest BCUT2D eigenvalue weighted by Crippen LogP contribution is -2.25. The monoisotopic (exact) mass is 411 g/mol. The highest BCUT2D eigenvalue weighted by Gasteiger charge is 2.26. The molecule has 1 N–H and O–H groups in total. The lowest BCUT2D eigenvalue weighted by atomic mass is 10.2. The molecule has 1 aliphatic rings. The van der Waals surface area contributed by atoms with Crippen LogP contribution in [-0.4, -0.2) is 29.7 Å². The molecule has 5 rings (SSSR count). The lowest BCUT2D eigenvalue weighted by Gasteiger charge is -2.18. The normalized spacial score (nSPS) is 13.4. The number of carbonyl (C=O) groups excluding carboxylic acids is 2. The van der Waals surface area contributed by atoms with Crippen LogP contribution in [0.2, 0.25) is 0 Å². The second-order valence-corrected chi connectivity index (χ2v) is 7.40. The van der Waals surface area contributed by atoms with Gasteiger partial charge in [0.1, 0.15) is 12.3 Å². The summed E-state index contributed by atoms with van der Waals surface area (Å²) in [5.74, 6) is -0.229. The van der Waals surface area contributed by atoms with Crippen LogP contribution in [0.4, 0.5) is 16.2 Å². The molecule has 2 amide bonds. The predicted molar refractivity (Wildman–Crippen MR) is 121 cm³/mol. The van der Waals surface area contributed by atoms with Crippen molar-refractivity contribution in [1.82, 2.24) is 4.57 Å². The molecule has 0 saturated carbocycles.